The van der Waals surface area contributed by atoms with E-state index < -0.39 is 22.9 Å². The fraction of sp³-hybridized carbons (Fsp3) is 0.125. The van der Waals surface area contributed by atoms with Crippen molar-refractivity contribution in [3.05, 3.63) is 63.2 Å². The summed E-state index contributed by atoms with van der Waals surface area (Å²) in [6.45, 7) is 1.39. The molecule has 0 saturated heterocycles. The molecule has 1 amide bonds. The van der Waals surface area contributed by atoms with Gasteiger partial charge in [0.25, 0.3) is 11.6 Å². The Morgan fingerprint density at radius 3 is 2.44 bits per heavy atom. The van der Waals surface area contributed by atoms with Crippen molar-refractivity contribution in [3.63, 3.8) is 0 Å². The van der Waals surface area contributed by atoms with Crippen molar-refractivity contribution in [2.75, 3.05) is 11.1 Å². The number of nitrogens with two attached hydrogens (primary N) is 1. The van der Waals surface area contributed by atoms with Crippen LogP contribution in [0.4, 0.5) is 17.1 Å². The number of nitro groups is 1. The third kappa shape index (κ3) is 4.67. The lowest BCUT2D eigenvalue weighted by molar-refractivity contribution is -0.384. The summed E-state index contributed by atoms with van der Waals surface area (Å²) in [5.74, 6) is -1.31. The highest BCUT2D eigenvalue weighted by molar-refractivity contribution is 6.34. The summed E-state index contributed by atoms with van der Waals surface area (Å²) in [6.07, 6.45) is -1.10. The van der Waals surface area contributed by atoms with Gasteiger partial charge in [-0.15, -0.1) is 0 Å². The van der Waals surface area contributed by atoms with E-state index in [-0.39, 0.29) is 22.0 Å². The fourth-order valence-electron chi connectivity index (χ4n) is 1.85. The molecule has 2 aromatic rings. The number of carbonyl (C=O) groups excluding carboxylic acids is 2. The normalized spacial score (nSPS) is 11.4. The second-order valence-corrected chi connectivity index (χ2v) is 5.49. The first kappa shape index (κ1) is 18.2. The molecule has 0 saturated carbocycles. The molecule has 1 unspecified atom stereocenters. The summed E-state index contributed by atoms with van der Waals surface area (Å²) in [7, 11) is 0. The van der Waals surface area contributed by atoms with E-state index in [0.29, 0.717) is 5.69 Å². The van der Waals surface area contributed by atoms with Crippen LogP contribution in [0.3, 0.4) is 0 Å². The number of benzene rings is 2. The number of ether oxygens (including phenoxy) is 1. The van der Waals surface area contributed by atoms with Crippen molar-refractivity contribution in [3.8, 4) is 0 Å². The van der Waals surface area contributed by atoms with Crippen LogP contribution in [0.5, 0.6) is 0 Å². The quantitative estimate of drug-likeness (QED) is 0.364. The molecule has 8 nitrogen and oxygen atoms in total. The van der Waals surface area contributed by atoms with Gasteiger partial charge in [-0.1, -0.05) is 11.6 Å². The highest BCUT2D eigenvalue weighted by Crippen LogP contribution is 2.26. The first-order valence-corrected chi connectivity index (χ1v) is 7.47. The number of nitrogen functional groups attached to an aromatic ring is 1. The molecule has 0 fully saturated rings. The number of esters is 1. The predicted molar refractivity (Wildman–Crippen MR) is 92.5 cm³/mol. The number of hydrogen-bond acceptors (Lipinski definition) is 6. The zero-order chi connectivity index (χ0) is 18.6. The largest absolute Gasteiger partial charge is 0.449 e. The van der Waals surface area contributed by atoms with Gasteiger partial charge in [0.05, 0.1) is 21.2 Å². The maximum absolute atomic E-state index is 12.1. The van der Waals surface area contributed by atoms with E-state index in [4.69, 9.17) is 22.1 Å². The van der Waals surface area contributed by atoms with Crippen molar-refractivity contribution in [1.29, 1.82) is 0 Å². The van der Waals surface area contributed by atoms with Crippen LogP contribution in [0.2, 0.25) is 5.02 Å². The molecule has 0 spiro atoms. The van der Waals surface area contributed by atoms with Gasteiger partial charge in [0, 0.05) is 17.8 Å². The number of non-ortho nitro benzene ring substituents is 1. The van der Waals surface area contributed by atoms with E-state index in [0.717, 1.165) is 6.07 Å². The monoisotopic (exact) mass is 363 g/mol. The average Bonchev–Trinajstić information content (AvgIpc) is 2.56. The first-order valence-electron chi connectivity index (χ1n) is 7.09. The number of rotatable bonds is 5. The van der Waals surface area contributed by atoms with Gasteiger partial charge < -0.3 is 15.8 Å². The Hall–Kier alpha value is -3.13. The zero-order valence-electron chi connectivity index (χ0n) is 13.1. The molecule has 0 radical (unpaired) electrons. The number of nitro benzene ring substituents is 1. The molecule has 9 heteroatoms. The summed E-state index contributed by atoms with van der Waals surface area (Å²) in [6, 6.07) is 9.66. The van der Waals surface area contributed by atoms with Crippen molar-refractivity contribution in [2.45, 2.75) is 13.0 Å². The second kappa shape index (κ2) is 7.63. The Balaban J connectivity index is 2.01. The van der Waals surface area contributed by atoms with Crippen LogP contribution >= 0.6 is 11.6 Å². The van der Waals surface area contributed by atoms with Gasteiger partial charge in [-0.3, -0.25) is 14.9 Å². The van der Waals surface area contributed by atoms with E-state index in [9.17, 15) is 19.7 Å². The topological polar surface area (TPSA) is 125 Å². The van der Waals surface area contributed by atoms with Crippen molar-refractivity contribution >= 4 is 40.5 Å². The summed E-state index contributed by atoms with van der Waals surface area (Å²) in [5.41, 5.74) is 6.25. The van der Waals surface area contributed by atoms with Crippen LogP contribution in [0.25, 0.3) is 0 Å². The minimum Gasteiger partial charge on any atom is -0.449 e. The van der Waals surface area contributed by atoms with Gasteiger partial charge in [0.15, 0.2) is 6.10 Å². The molecule has 0 aromatic heterocycles. The molecular weight excluding hydrogens is 350 g/mol. The summed E-state index contributed by atoms with van der Waals surface area (Å²) in [4.78, 5) is 34.1. The fourth-order valence-corrected chi connectivity index (χ4v) is 2.08. The third-order valence-electron chi connectivity index (χ3n) is 3.22. The molecule has 0 heterocycles. The van der Waals surface area contributed by atoms with Crippen LogP contribution < -0.4 is 11.1 Å². The molecule has 1 atom stereocenters. The minimum atomic E-state index is -1.10. The lowest BCUT2D eigenvalue weighted by Crippen LogP contribution is -2.30. The molecule has 3 N–H and O–H groups in total. The molecule has 2 aromatic carbocycles. The van der Waals surface area contributed by atoms with Gasteiger partial charge >= 0.3 is 5.97 Å². The van der Waals surface area contributed by atoms with Gasteiger partial charge in [-0.2, -0.15) is 0 Å². The molecule has 0 aliphatic carbocycles. The van der Waals surface area contributed by atoms with Gasteiger partial charge in [-0.25, -0.2) is 4.79 Å². The van der Waals surface area contributed by atoms with Crippen LogP contribution in [0, 0.1) is 10.1 Å². The average molecular weight is 364 g/mol. The summed E-state index contributed by atoms with van der Waals surface area (Å²) < 4.78 is 5.07. The maximum Gasteiger partial charge on any atom is 0.338 e. The number of carbonyl (C=O) groups is 2. The first-order chi connectivity index (χ1) is 11.8. The van der Waals surface area contributed by atoms with Crippen molar-refractivity contribution in [2.24, 2.45) is 0 Å². The number of halogens is 1. The summed E-state index contributed by atoms with van der Waals surface area (Å²) >= 11 is 5.90. The van der Waals surface area contributed by atoms with Gasteiger partial charge in [0.2, 0.25) is 0 Å². The Bertz CT molecular complexity index is 823. The molecule has 130 valence electrons. The standard InChI is InChI=1S/C16H14ClN3O5/c1-9(25-16(22)10-2-4-11(18)5-3-10)15(21)19-14-7-6-12(20(23)24)8-13(14)17/h2-9H,18H2,1H3,(H,19,21). The second-order valence-electron chi connectivity index (χ2n) is 5.08. The molecular formula is C16H14ClN3O5. The lowest BCUT2D eigenvalue weighted by atomic mass is 10.2. The van der Waals surface area contributed by atoms with Crippen LogP contribution in [0.15, 0.2) is 42.5 Å². The van der Waals surface area contributed by atoms with Crippen LogP contribution in [0.1, 0.15) is 17.3 Å². The molecule has 0 aliphatic rings. The van der Waals surface area contributed by atoms with Crippen molar-refractivity contribution in [1.82, 2.24) is 0 Å². The molecule has 2 rings (SSSR count). The number of nitrogens with zero attached hydrogens (tertiary/aromatic N) is 1. The summed E-state index contributed by atoms with van der Waals surface area (Å²) in [5, 5.41) is 13.1. The SMILES string of the molecule is CC(OC(=O)c1ccc(N)cc1)C(=O)Nc1ccc([N+](=O)[O-])cc1Cl. The highest BCUT2D eigenvalue weighted by atomic mass is 35.5. The van der Waals surface area contributed by atoms with E-state index >= 15 is 0 Å². The van der Waals surface area contributed by atoms with Crippen molar-refractivity contribution < 1.29 is 19.2 Å². The third-order valence-corrected chi connectivity index (χ3v) is 3.53. The number of hydrogen-bond donors (Lipinski definition) is 2. The Kier molecular flexibility index (Phi) is 5.56. The van der Waals surface area contributed by atoms with E-state index in [2.05, 4.69) is 5.32 Å². The predicted octanol–water partition coefficient (Wildman–Crippen LogP) is 3.01. The molecule has 0 aliphatic heterocycles. The molecule has 0 bridgehead atoms. The Labute approximate surface area is 147 Å². The van der Waals surface area contributed by atoms with E-state index in [1.807, 2.05) is 0 Å². The van der Waals surface area contributed by atoms with Crippen LogP contribution in [-0.2, 0) is 9.53 Å². The van der Waals surface area contributed by atoms with E-state index in [1.54, 1.807) is 0 Å². The zero-order valence-corrected chi connectivity index (χ0v) is 13.8. The highest BCUT2D eigenvalue weighted by Gasteiger charge is 2.20. The van der Waals surface area contributed by atoms with Crippen LogP contribution in [-0.4, -0.2) is 22.9 Å². The van der Waals surface area contributed by atoms with Gasteiger partial charge in [0.1, 0.15) is 0 Å². The minimum absolute atomic E-state index is 0.000360. The smallest absolute Gasteiger partial charge is 0.338 e. The number of amides is 1. The lowest BCUT2D eigenvalue weighted by Gasteiger charge is -2.14. The Morgan fingerprint density at radius 2 is 1.88 bits per heavy atom. The maximum atomic E-state index is 12.1. The Morgan fingerprint density at radius 1 is 1.24 bits per heavy atom. The number of anilines is 2. The number of nitrogens with one attached hydrogen (secondary N) is 1. The van der Waals surface area contributed by atoms with E-state index in [1.165, 1.54) is 43.3 Å². The molecule has 25 heavy (non-hydrogen) atoms. The van der Waals surface area contributed by atoms with Gasteiger partial charge in [-0.05, 0) is 37.3 Å².